The van der Waals surface area contributed by atoms with Crippen molar-refractivity contribution >= 4 is 12.0 Å². The number of carbonyl (C=O) groups excluding carboxylic acids is 1. The number of amides is 2. The molecule has 0 aliphatic rings. The van der Waals surface area contributed by atoms with Gasteiger partial charge in [0, 0.05) is 5.54 Å². The van der Waals surface area contributed by atoms with Gasteiger partial charge in [0.25, 0.3) is 0 Å². The Bertz CT molecular complexity index is 424. The number of hydrogen-bond acceptors (Lipinski definition) is 2. The minimum atomic E-state index is -1.09. The number of urea groups is 1. The summed E-state index contributed by atoms with van der Waals surface area (Å²) in [5.74, 6) is -1.09. The van der Waals surface area contributed by atoms with Gasteiger partial charge in [-0.25, -0.2) is 9.59 Å². The first-order valence-electron chi connectivity index (χ1n) is 5.66. The van der Waals surface area contributed by atoms with Crippen molar-refractivity contribution < 1.29 is 14.7 Å². The molecule has 0 heterocycles. The van der Waals surface area contributed by atoms with Gasteiger partial charge in [-0.1, -0.05) is 30.3 Å². The number of carbonyl (C=O) groups is 2. The summed E-state index contributed by atoms with van der Waals surface area (Å²) in [5, 5.41) is 14.2. The van der Waals surface area contributed by atoms with Crippen LogP contribution in [-0.2, 0) is 4.79 Å². The lowest BCUT2D eigenvalue weighted by Crippen LogP contribution is -2.48. The van der Waals surface area contributed by atoms with Gasteiger partial charge in [0.2, 0.25) is 0 Å². The van der Waals surface area contributed by atoms with Crippen LogP contribution in [0.4, 0.5) is 4.79 Å². The van der Waals surface area contributed by atoms with Crippen LogP contribution in [0.25, 0.3) is 0 Å². The van der Waals surface area contributed by atoms with Crippen molar-refractivity contribution in [1.82, 2.24) is 10.6 Å². The number of benzene rings is 1. The van der Waals surface area contributed by atoms with Gasteiger partial charge in [-0.3, -0.25) is 0 Å². The Kier molecular flexibility index (Phi) is 4.31. The Morgan fingerprint density at radius 3 is 2.17 bits per heavy atom. The monoisotopic (exact) mass is 250 g/mol. The van der Waals surface area contributed by atoms with Crippen LogP contribution in [0.5, 0.6) is 0 Å². The van der Waals surface area contributed by atoms with E-state index in [9.17, 15) is 9.59 Å². The molecule has 1 aromatic rings. The molecule has 1 rings (SSSR count). The van der Waals surface area contributed by atoms with Crippen molar-refractivity contribution in [2.24, 2.45) is 0 Å². The molecule has 1 aromatic carbocycles. The zero-order valence-corrected chi connectivity index (χ0v) is 10.7. The SMILES string of the molecule is CC(C)(C)NC(=O)N[C@H](C(=O)O)c1ccccc1. The van der Waals surface area contributed by atoms with Crippen LogP contribution in [0.3, 0.4) is 0 Å². The summed E-state index contributed by atoms with van der Waals surface area (Å²) in [5.41, 5.74) is 0.123. The molecule has 18 heavy (non-hydrogen) atoms. The van der Waals surface area contributed by atoms with Gasteiger partial charge in [-0.05, 0) is 26.3 Å². The molecule has 1 atom stereocenters. The summed E-state index contributed by atoms with van der Waals surface area (Å²) < 4.78 is 0. The minimum absolute atomic E-state index is 0.413. The van der Waals surface area contributed by atoms with Gasteiger partial charge in [-0.2, -0.15) is 0 Å². The molecule has 0 saturated heterocycles. The maximum absolute atomic E-state index is 11.7. The molecule has 5 nitrogen and oxygen atoms in total. The van der Waals surface area contributed by atoms with Gasteiger partial charge in [-0.15, -0.1) is 0 Å². The highest BCUT2D eigenvalue weighted by Crippen LogP contribution is 2.12. The Hall–Kier alpha value is -2.04. The van der Waals surface area contributed by atoms with E-state index in [4.69, 9.17) is 5.11 Å². The second-order valence-electron chi connectivity index (χ2n) is 5.03. The molecule has 98 valence electrons. The fraction of sp³-hybridized carbons (Fsp3) is 0.385. The van der Waals surface area contributed by atoms with Crippen LogP contribution in [-0.4, -0.2) is 22.6 Å². The van der Waals surface area contributed by atoms with E-state index in [0.29, 0.717) is 5.56 Å². The average Bonchev–Trinajstić information content (AvgIpc) is 2.24. The molecule has 0 fully saturated rings. The summed E-state index contributed by atoms with van der Waals surface area (Å²) in [6.45, 7) is 5.47. The smallest absolute Gasteiger partial charge is 0.330 e. The van der Waals surface area contributed by atoms with Crippen LogP contribution in [0.2, 0.25) is 0 Å². The second-order valence-corrected chi connectivity index (χ2v) is 5.03. The van der Waals surface area contributed by atoms with Crippen LogP contribution in [0, 0.1) is 0 Å². The number of aliphatic carboxylic acids is 1. The Morgan fingerprint density at radius 2 is 1.72 bits per heavy atom. The first kappa shape index (κ1) is 14.0. The molecule has 0 bridgehead atoms. The maximum Gasteiger partial charge on any atom is 0.330 e. The normalized spacial score (nSPS) is 12.6. The molecular weight excluding hydrogens is 232 g/mol. The molecule has 0 aromatic heterocycles. The van der Waals surface area contributed by atoms with Crippen LogP contribution >= 0.6 is 0 Å². The zero-order valence-electron chi connectivity index (χ0n) is 10.7. The number of carboxylic acids is 1. The lowest BCUT2D eigenvalue weighted by molar-refractivity contribution is -0.139. The standard InChI is InChI=1S/C13H18N2O3/c1-13(2,3)15-12(18)14-10(11(16)17)9-7-5-4-6-8-9/h4-8,10H,1-3H3,(H,16,17)(H2,14,15,18)/t10-/m0/s1. The first-order chi connectivity index (χ1) is 8.29. The number of rotatable bonds is 3. The van der Waals surface area contributed by atoms with E-state index in [-0.39, 0.29) is 0 Å². The predicted molar refractivity (Wildman–Crippen MR) is 68.2 cm³/mol. The van der Waals surface area contributed by atoms with E-state index < -0.39 is 23.6 Å². The summed E-state index contributed by atoms with van der Waals surface area (Å²) >= 11 is 0. The predicted octanol–water partition coefficient (Wildman–Crippen LogP) is 1.91. The second kappa shape index (κ2) is 5.53. The van der Waals surface area contributed by atoms with E-state index in [1.165, 1.54) is 0 Å². The Balaban J connectivity index is 2.77. The molecule has 0 unspecified atom stereocenters. The van der Waals surface area contributed by atoms with Gasteiger partial charge >= 0.3 is 12.0 Å². The summed E-state index contributed by atoms with van der Waals surface area (Å²) in [7, 11) is 0. The van der Waals surface area contributed by atoms with E-state index in [2.05, 4.69) is 10.6 Å². The van der Waals surface area contributed by atoms with Crippen LogP contribution in [0.15, 0.2) is 30.3 Å². The highest BCUT2D eigenvalue weighted by Gasteiger charge is 2.23. The molecule has 0 spiro atoms. The van der Waals surface area contributed by atoms with Gasteiger partial charge in [0.1, 0.15) is 0 Å². The Labute approximate surface area is 106 Å². The number of carboxylic acid groups (broad SMARTS) is 1. The molecule has 0 aliphatic carbocycles. The van der Waals surface area contributed by atoms with Gasteiger partial charge in [0.15, 0.2) is 6.04 Å². The van der Waals surface area contributed by atoms with Crippen molar-refractivity contribution in [1.29, 1.82) is 0 Å². The van der Waals surface area contributed by atoms with E-state index in [1.54, 1.807) is 30.3 Å². The molecule has 2 amide bonds. The highest BCUT2D eigenvalue weighted by molar-refractivity contribution is 5.83. The third-order valence-corrected chi connectivity index (χ3v) is 2.14. The van der Waals surface area contributed by atoms with Crippen molar-refractivity contribution in [3.05, 3.63) is 35.9 Å². The third-order valence-electron chi connectivity index (χ3n) is 2.14. The minimum Gasteiger partial charge on any atom is -0.479 e. The molecule has 5 heteroatoms. The van der Waals surface area contributed by atoms with Gasteiger partial charge < -0.3 is 15.7 Å². The van der Waals surface area contributed by atoms with Crippen molar-refractivity contribution in [3.8, 4) is 0 Å². The van der Waals surface area contributed by atoms with Crippen LogP contribution in [0.1, 0.15) is 32.4 Å². The van der Waals surface area contributed by atoms with Crippen molar-refractivity contribution in [3.63, 3.8) is 0 Å². The molecular formula is C13H18N2O3. The first-order valence-corrected chi connectivity index (χ1v) is 5.66. The fourth-order valence-corrected chi connectivity index (χ4v) is 1.44. The number of nitrogens with one attached hydrogen (secondary N) is 2. The van der Waals surface area contributed by atoms with Crippen LogP contribution < -0.4 is 10.6 Å². The lowest BCUT2D eigenvalue weighted by Gasteiger charge is -2.23. The molecule has 3 N–H and O–H groups in total. The molecule has 0 saturated carbocycles. The third kappa shape index (κ3) is 4.45. The van der Waals surface area contributed by atoms with Crippen molar-refractivity contribution in [2.75, 3.05) is 0 Å². The summed E-state index contributed by atoms with van der Waals surface area (Å²) in [6, 6.07) is 7.03. The van der Waals surface area contributed by atoms with E-state index >= 15 is 0 Å². The topological polar surface area (TPSA) is 78.4 Å². The largest absolute Gasteiger partial charge is 0.479 e. The molecule has 0 aliphatic heterocycles. The Morgan fingerprint density at radius 1 is 1.17 bits per heavy atom. The van der Waals surface area contributed by atoms with E-state index in [0.717, 1.165) is 0 Å². The maximum atomic E-state index is 11.7. The molecule has 0 radical (unpaired) electrons. The van der Waals surface area contributed by atoms with Gasteiger partial charge in [0.05, 0.1) is 0 Å². The zero-order chi connectivity index (χ0) is 13.8. The summed E-state index contributed by atoms with van der Waals surface area (Å²) in [6.07, 6.45) is 0. The van der Waals surface area contributed by atoms with E-state index in [1.807, 2.05) is 20.8 Å². The quantitative estimate of drug-likeness (QED) is 0.766. The summed E-state index contributed by atoms with van der Waals surface area (Å²) in [4.78, 5) is 22.8. The fourth-order valence-electron chi connectivity index (χ4n) is 1.44. The highest BCUT2D eigenvalue weighted by atomic mass is 16.4. The average molecular weight is 250 g/mol. The lowest BCUT2D eigenvalue weighted by atomic mass is 10.1. The van der Waals surface area contributed by atoms with Crippen molar-refractivity contribution in [2.45, 2.75) is 32.4 Å². The number of hydrogen-bond donors (Lipinski definition) is 3.